The number of hydrogen-bond donors (Lipinski definition) is 2. The topological polar surface area (TPSA) is 65.3 Å². The summed E-state index contributed by atoms with van der Waals surface area (Å²) in [5, 5.41) is 22.2. The zero-order chi connectivity index (χ0) is 13.0. The zero-order valence-electron chi connectivity index (χ0n) is 10.6. The molecule has 0 atom stereocenters. The third-order valence-corrected chi connectivity index (χ3v) is 3.44. The Hall–Kier alpha value is -1.73. The van der Waals surface area contributed by atoms with Gasteiger partial charge in [0.1, 0.15) is 6.07 Å². The number of nitrogens with zero attached hydrogens (tertiary/aromatic N) is 1. The molecule has 1 aliphatic rings. The number of hydrogen-bond acceptors (Lipinski definition) is 4. The SMILES string of the molecule is COc1c(O)cc(CC2CCNCC2)cc1C#N. The minimum atomic E-state index is 0.0560. The van der Waals surface area contributed by atoms with Crippen LogP contribution in [0.4, 0.5) is 0 Å². The molecule has 96 valence electrons. The van der Waals surface area contributed by atoms with Gasteiger partial charge in [0, 0.05) is 0 Å². The molecule has 0 unspecified atom stereocenters. The van der Waals surface area contributed by atoms with Gasteiger partial charge in [-0.1, -0.05) is 0 Å². The molecule has 1 aromatic carbocycles. The third kappa shape index (κ3) is 2.74. The lowest BCUT2D eigenvalue weighted by atomic mass is 9.90. The van der Waals surface area contributed by atoms with E-state index in [1.165, 1.54) is 7.11 Å². The number of rotatable bonds is 3. The molecule has 1 fully saturated rings. The summed E-state index contributed by atoms with van der Waals surface area (Å²) in [7, 11) is 1.46. The third-order valence-electron chi connectivity index (χ3n) is 3.44. The van der Waals surface area contributed by atoms with Gasteiger partial charge in [-0.3, -0.25) is 0 Å². The van der Waals surface area contributed by atoms with E-state index in [-0.39, 0.29) is 11.5 Å². The molecule has 1 aromatic rings. The fourth-order valence-corrected chi connectivity index (χ4v) is 2.51. The van der Waals surface area contributed by atoms with E-state index in [9.17, 15) is 5.11 Å². The van der Waals surface area contributed by atoms with E-state index in [4.69, 9.17) is 10.00 Å². The van der Waals surface area contributed by atoms with E-state index >= 15 is 0 Å². The summed E-state index contributed by atoms with van der Waals surface area (Å²) >= 11 is 0. The lowest BCUT2D eigenvalue weighted by molar-refractivity contribution is 0.364. The molecule has 4 nitrogen and oxygen atoms in total. The Morgan fingerprint density at radius 2 is 2.17 bits per heavy atom. The van der Waals surface area contributed by atoms with Crippen LogP contribution in [0.1, 0.15) is 24.0 Å². The van der Waals surface area contributed by atoms with Crippen molar-refractivity contribution in [2.75, 3.05) is 20.2 Å². The fourth-order valence-electron chi connectivity index (χ4n) is 2.51. The van der Waals surface area contributed by atoms with Crippen molar-refractivity contribution in [2.24, 2.45) is 5.92 Å². The fraction of sp³-hybridized carbons (Fsp3) is 0.500. The molecule has 0 radical (unpaired) electrons. The molecule has 1 saturated heterocycles. The van der Waals surface area contributed by atoms with Crippen LogP contribution in [0.3, 0.4) is 0 Å². The van der Waals surface area contributed by atoms with Gasteiger partial charge in [-0.25, -0.2) is 0 Å². The van der Waals surface area contributed by atoms with Gasteiger partial charge < -0.3 is 15.2 Å². The van der Waals surface area contributed by atoms with Gasteiger partial charge >= 0.3 is 0 Å². The molecule has 0 bridgehead atoms. The molecule has 0 aliphatic carbocycles. The first-order chi connectivity index (χ1) is 8.74. The Morgan fingerprint density at radius 3 is 2.78 bits per heavy atom. The van der Waals surface area contributed by atoms with Crippen molar-refractivity contribution < 1.29 is 9.84 Å². The van der Waals surface area contributed by atoms with Crippen LogP contribution in [-0.2, 0) is 6.42 Å². The van der Waals surface area contributed by atoms with Crippen LogP contribution in [0, 0.1) is 17.2 Å². The van der Waals surface area contributed by atoms with Crippen molar-refractivity contribution in [3.63, 3.8) is 0 Å². The summed E-state index contributed by atoms with van der Waals surface area (Å²) in [6.45, 7) is 2.11. The molecular formula is C14H18N2O2. The maximum Gasteiger partial charge on any atom is 0.178 e. The Balaban J connectivity index is 2.18. The first-order valence-electron chi connectivity index (χ1n) is 6.25. The van der Waals surface area contributed by atoms with E-state index in [2.05, 4.69) is 11.4 Å². The number of nitriles is 1. The van der Waals surface area contributed by atoms with Gasteiger partial charge in [0.15, 0.2) is 11.5 Å². The van der Waals surface area contributed by atoms with Crippen LogP contribution in [0.25, 0.3) is 0 Å². The molecule has 18 heavy (non-hydrogen) atoms. The number of piperidine rings is 1. The minimum absolute atomic E-state index is 0.0560. The highest BCUT2D eigenvalue weighted by Gasteiger charge is 2.16. The Morgan fingerprint density at radius 1 is 1.44 bits per heavy atom. The summed E-state index contributed by atoms with van der Waals surface area (Å²) in [5.74, 6) is 0.956. The summed E-state index contributed by atoms with van der Waals surface area (Å²) in [4.78, 5) is 0. The standard InChI is InChI=1S/C14H18N2O2/c1-18-14-12(9-15)7-11(8-13(14)17)6-10-2-4-16-5-3-10/h7-8,10,16-17H,2-6H2,1H3. The number of ether oxygens (including phenoxy) is 1. The maximum atomic E-state index is 9.84. The quantitative estimate of drug-likeness (QED) is 0.853. The van der Waals surface area contributed by atoms with Gasteiger partial charge in [-0.15, -0.1) is 0 Å². The van der Waals surface area contributed by atoms with Crippen molar-refractivity contribution in [2.45, 2.75) is 19.3 Å². The average Bonchev–Trinajstić information content (AvgIpc) is 2.39. The lowest BCUT2D eigenvalue weighted by Crippen LogP contribution is -2.28. The van der Waals surface area contributed by atoms with Crippen LogP contribution in [0.5, 0.6) is 11.5 Å². The van der Waals surface area contributed by atoms with Crippen LogP contribution >= 0.6 is 0 Å². The first kappa shape index (κ1) is 12.7. The molecule has 0 amide bonds. The normalized spacial score (nSPS) is 16.2. The van der Waals surface area contributed by atoms with Crippen molar-refractivity contribution in [3.8, 4) is 17.6 Å². The smallest absolute Gasteiger partial charge is 0.178 e. The summed E-state index contributed by atoms with van der Waals surface area (Å²) in [5.41, 5.74) is 1.41. The van der Waals surface area contributed by atoms with Crippen LogP contribution < -0.4 is 10.1 Å². The second kappa shape index (κ2) is 5.74. The molecular weight excluding hydrogens is 228 g/mol. The number of aromatic hydroxyl groups is 1. The molecule has 0 aromatic heterocycles. The highest BCUT2D eigenvalue weighted by molar-refractivity contribution is 5.54. The maximum absolute atomic E-state index is 9.84. The monoisotopic (exact) mass is 246 g/mol. The Bertz CT molecular complexity index is 460. The molecule has 1 heterocycles. The van der Waals surface area contributed by atoms with Crippen LogP contribution in [0.15, 0.2) is 12.1 Å². The molecule has 0 saturated carbocycles. The van der Waals surface area contributed by atoms with Crippen molar-refractivity contribution in [3.05, 3.63) is 23.3 Å². The van der Waals surface area contributed by atoms with E-state index in [0.29, 0.717) is 11.5 Å². The van der Waals surface area contributed by atoms with Crippen LogP contribution in [-0.4, -0.2) is 25.3 Å². The van der Waals surface area contributed by atoms with Crippen molar-refractivity contribution >= 4 is 0 Å². The summed E-state index contributed by atoms with van der Waals surface area (Å²) in [6, 6.07) is 5.60. The second-order valence-electron chi connectivity index (χ2n) is 4.71. The van der Waals surface area contributed by atoms with Crippen molar-refractivity contribution in [1.82, 2.24) is 5.32 Å². The Labute approximate surface area is 107 Å². The number of phenols is 1. The number of methoxy groups -OCH3 is 1. The van der Waals surface area contributed by atoms with Crippen LogP contribution in [0.2, 0.25) is 0 Å². The predicted molar refractivity (Wildman–Crippen MR) is 68.7 cm³/mol. The number of nitrogens with one attached hydrogen (secondary N) is 1. The van der Waals surface area contributed by atoms with Gasteiger partial charge in [0.2, 0.25) is 0 Å². The minimum Gasteiger partial charge on any atom is -0.504 e. The predicted octanol–water partition coefficient (Wildman–Crippen LogP) is 1.81. The summed E-state index contributed by atoms with van der Waals surface area (Å²) in [6.07, 6.45) is 3.21. The number of phenolic OH excluding ortho intramolecular Hbond substituents is 1. The van der Waals surface area contributed by atoms with Gasteiger partial charge in [-0.05, 0) is 56.0 Å². The van der Waals surface area contributed by atoms with E-state index in [0.717, 1.165) is 37.9 Å². The van der Waals surface area contributed by atoms with Gasteiger partial charge in [-0.2, -0.15) is 5.26 Å². The second-order valence-corrected chi connectivity index (χ2v) is 4.71. The lowest BCUT2D eigenvalue weighted by Gasteiger charge is -2.22. The van der Waals surface area contributed by atoms with Crippen molar-refractivity contribution in [1.29, 1.82) is 5.26 Å². The van der Waals surface area contributed by atoms with E-state index in [1.54, 1.807) is 6.07 Å². The average molecular weight is 246 g/mol. The number of benzene rings is 1. The largest absolute Gasteiger partial charge is 0.504 e. The highest BCUT2D eigenvalue weighted by Crippen LogP contribution is 2.32. The Kier molecular flexibility index (Phi) is 4.06. The molecule has 4 heteroatoms. The molecule has 1 aliphatic heterocycles. The zero-order valence-corrected chi connectivity index (χ0v) is 10.6. The molecule has 2 rings (SSSR count). The van der Waals surface area contributed by atoms with Gasteiger partial charge in [0.05, 0.1) is 12.7 Å². The first-order valence-corrected chi connectivity index (χ1v) is 6.25. The van der Waals surface area contributed by atoms with E-state index < -0.39 is 0 Å². The molecule has 0 spiro atoms. The molecule has 2 N–H and O–H groups in total. The summed E-state index contributed by atoms with van der Waals surface area (Å²) < 4.78 is 5.03. The van der Waals surface area contributed by atoms with E-state index in [1.807, 2.05) is 6.07 Å². The highest BCUT2D eigenvalue weighted by atomic mass is 16.5. The van der Waals surface area contributed by atoms with Gasteiger partial charge in [0.25, 0.3) is 0 Å².